The lowest BCUT2D eigenvalue weighted by Crippen LogP contribution is -2.04. The summed E-state index contributed by atoms with van der Waals surface area (Å²) in [6, 6.07) is 5.56. The van der Waals surface area contributed by atoms with Gasteiger partial charge in [0.25, 0.3) is 0 Å². The Balaban J connectivity index is 2.41. The van der Waals surface area contributed by atoms with Gasteiger partial charge in [0.05, 0.1) is 0 Å². The summed E-state index contributed by atoms with van der Waals surface area (Å²) in [5.74, 6) is 0.387. The number of thiophene rings is 1. The van der Waals surface area contributed by atoms with Crippen LogP contribution < -0.4 is 5.73 Å². The van der Waals surface area contributed by atoms with Crippen LogP contribution in [-0.4, -0.2) is 10.1 Å². The number of pyridine rings is 1. The van der Waals surface area contributed by atoms with Crippen molar-refractivity contribution in [1.29, 1.82) is 0 Å². The Hall–Kier alpha value is -1.39. The van der Waals surface area contributed by atoms with E-state index in [2.05, 4.69) is 4.98 Å². The van der Waals surface area contributed by atoms with Crippen LogP contribution in [0, 0.1) is 6.92 Å². The number of nitrogen functional groups attached to an aromatic ring is 1. The largest absolute Gasteiger partial charge is 0.383 e. The zero-order valence-corrected chi connectivity index (χ0v) is 9.16. The third-order valence-corrected chi connectivity index (χ3v) is 3.39. The van der Waals surface area contributed by atoms with Crippen LogP contribution in [0.3, 0.4) is 0 Å². The predicted molar refractivity (Wildman–Crippen MR) is 61.8 cm³/mol. The van der Waals surface area contributed by atoms with E-state index in [0.717, 1.165) is 10.4 Å². The second kappa shape index (κ2) is 4.00. The summed E-state index contributed by atoms with van der Waals surface area (Å²) in [7, 11) is 0. The Labute approximate surface area is 92.2 Å². The van der Waals surface area contributed by atoms with E-state index in [9.17, 15) is 5.11 Å². The van der Waals surface area contributed by atoms with Crippen molar-refractivity contribution in [2.75, 3.05) is 5.73 Å². The van der Waals surface area contributed by atoms with E-state index in [1.54, 1.807) is 18.3 Å². The van der Waals surface area contributed by atoms with E-state index >= 15 is 0 Å². The first kappa shape index (κ1) is 10.1. The minimum absolute atomic E-state index is 0.387. The van der Waals surface area contributed by atoms with E-state index in [4.69, 9.17) is 5.73 Å². The number of hydrogen-bond donors (Lipinski definition) is 2. The van der Waals surface area contributed by atoms with E-state index in [1.807, 2.05) is 18.4 Å². The molecular weight excluding hydrogens is 208 g/mol. The molecule has 0 aliphatic heterocycles. The number of anilines is 1. The summed E-state index contributed by atoms with van der Waals surface area (Å²) in [5, 5.41) is 12.1. The van der Waals surface area contributed by atoms with Gasteiger partial charge in [0.2, 0.25) is 0 Å². The smallest absolute Gasteiger partial charge is 0.129 e. The Morgan fingerprint density at radius 3 is 2.87 bits per heavy atom. The molecule has 78 valence electrons. The Morgan fingerprint density at radius 2 is 2.27 bits per heavy atom. The van der Waals surface area contributed by atoms with Crippen molar-refractivity contribution < 1.29 is 5.11 Å². The third-order valence-electron chi connectivity index (χ3n) is 2.32. The van der Waals surface area contributed by atoms with Crippen molar-refractivity contribution in [1.82, 2.24) is 4.98 Å². The molecule has 0 saturated heterocycles. The lowest BCUT2D eigenvalue weighted by Gasteiger charge is -2.11. The zero-order valence-electron chi connectivity index (χ0n) is 8.34. The van der Waals surface area contributed by atoms with E-state index in [0.29, 0.717) is 11.4 Å². The SMILES string of the molecule is Cc1ccsc1C(O)c1cccnc1N. The summed E-state index contributed by atoms with van der Waals surface area (Å²) >= 11 is 1.53. The van der Waals surface area contributed by atoms with Gasteiger partial charge in [-0.3, -0.25) is 0 Å². The molecule has 2 heterocycles. The average Bonchev–Trinajstić information content (AvgIpc) is 2.64. The van der Waals surface area contributed by atoms with Crippen LogP contribution in [-0.2, 0) is 0 Å². The van der Waals surface area contributed by atoms with Gasteiger partial charge in [-0.2, -0.15) is 0 Å². The molecule has 0 radical (unpaired) electrons. The quantitative estimate of drug-likeness (QED) is 0.815. The molecule has 0 fully saturated rings. The second-order valence-electron chi connectivity index (χ2n) is 3.35. The summed E-state index contributed by atoms with van der Waals surface area (Å²) < 4.78 is 0. The molecule has 3 N–H and O–H groups in total. The van der Waals surface area contributed by atoms with Crippen LogP contribution in [0.15, 0.2) is 29.8 Å². The minimum Gasteiger partial charge on any atom is -0.383 e. The maximum absolute atomic E-state index is 10.1. The fourth-order valence-corrected chi connectivity index (χ4v) is 2.40. The van der Waals surface area contributed by atoms with Crippen molar-refractivity contribution in [2.24, 2.45) is 0 Å². The lowest BCUT2D eigenvalue weighted by molar-refractivity contribution is 0.224. The van der Waals surface area contributed by atoms with Gasteiger partial charge in [-0.1, -0.05) is 6.07 Å². The minimum atomic E-state index is -0.668. The standard InChI is InChI=1S/C11H12N2OS/c1-7-4-6-15-10(7)9(14)8-3-2-5-13-11(8)12/h2-6,9,14H,1H3,(H2,12,13). The van der Waals surface area contributed by atoms with Crippen molar-refractivity contribution in [3.63, 3.8) is 0 Å². The van der Waals surface area contributed by atoms with Crippen LogP contribution in [0.2, 0.25) is 0 Å². The molecule has 15 heavy (non-hydrogen) atoms. The molecule has 1 atom stereocenters. The monoisotopic (exact) mass is 220 g/mol. The molecule has 0 aromatic carbocycles. The van der Waals surface area contributed by atoms with E-state index in [1.165, 1.54) is 11.3 Å². The van der Waals surface area contributed by atoms with Crippen molar-refractivity contribution in [3.8, 4) is 0 Å². The summed E-state index contributed by atoms with van der Waals surface area (Å²) in [6.07, 6.45) is 0.950. The van der Waals surface area contributed by atoms with Gasteiger partial charge in [-0.25, -0.2) is 4.98 Å². The second-order valence-corrected chi connectivity index (χ2v) is 4.30. The zero-order chi connectivity index (χ0) is 10.8. The molecular formula is C11H12N2OS. The molecule has 0 amide bonds. The summed E-state index contributed by atoms with van der Waals surface area (Å²) in [4.78, 5) is 4.89. The Morgan fingerprint density at radius 1 is 1.47 bits per heavy atom. The van der Waals surface area contributed by atoms with Crippen LogP contribution >= 0.6 is 11.3 Å². The maximum atomic E-state index is 10.1. The molecule has 0 aliphatic carbocycles. The summed E-state index contributed by atoms with van der Waals surface area (Å²) in [5.41, 5.74) is 7.46. The molecule has 2 aromatic heterocycles. The number of aromatic nitrogens is 1. The van der Waals surface area contributed by atoms with Gasteiger partial charge in [0, 0.05) is 16.6 Å². The highest BCUT2D eigenvalue weighted by Crippen LogP contribution is 2.30. The molecule has 0 saturated carbocycles. The van der Waals surface area contributed by atoms with Crippen LogP contribution in [0.5, 0.6) is 0 Å². The first-order valence-electron chi connectivity index (χ1n) is 4.62. The number of nitrogens with zero attached hydrogens (tertiary/aromatic N) is 1. The fraction of sp³-hybridized carbons (Fsp3) is 0.182. The fourth-order valence-electron chi connectivity index (χ4n) is 1.47. The van der Waals surface area contributed by atoms with Crippen LogP contribution in [0.25, 0.3) is 0 Å². The van der Waals surface area contributed by atoms with Gasteiger partial charge in [-0.05, 0) is 30.0 Å². The topological polar surface area (TPSA) is 59.1 Å². The third kappa shape index (κ3) is 1.86. The van der Waals surface area contributed by atoms with Crippen molar-refractivity contribution in [3.05, 3.63) is 45.8 Å². The lowest BCUT2D eigenvalue weighted by atomic mass is 10.1. The van der Waals surface area contributed by atoms with Crippen LogP contribution in [0.4, 0.5) is 5.82 Å². The normalized spacial score (nSPS) is 12.7. The van der Waals surface area contributed by atoms with Crippen molar-refractivity contribution in [2.45, 2.75) is 13.0 Å². The molecule has 2 aromatic rings. The number of nitrogens with two attached hydrogens (primary N) is 1. The van der Waals surface area contributed by atoms with Gasteiger partial charge >= 0.3 is 0 Å². The predicted octanol–water partition coefficient (Wildman–Crippen LogP) is 2.12. The van der Waals surface area contributed by atoms with E-state index < -0.39 is 6.10 Å². The highest BCUT2D eigenvalue weighted by atomic mass is 32.1. The van der Waals surface area contributed by atoms with E-state index in [-0.39, 0.29) is 0 Å². The molecule has 3 nitrogen and oxygen atoms in total. The summed E-state index contributed by atoms with van der Waals surface area (Å²) in [6.45, 7) is 1.97. The number of rotatable bonds is 2. The highest BCUT2D eigenvalue weighted by Gasteiger charge is 2.16. The number of aryl methyl sites for hydroxylation is 1. The average molecular weight is 220 g/mol. The van der Waals surface area contributed by atoms with Crippen molar-refractivity contribution >= 4 is 17.2 Å². The Kier molecular flexibility index (Phi) is 2.70. The number of aliphatic hydroxyl groups is 1. The van der Waals surface area contributed by atoms with Gasteiger partial charge in [0.15, 0.2) is 0 Å². The van der Waals surface area contributed by atoms with Crippen LogP contribution in [0.1, 0.15) is 22.1 Å². The molecule has 1 unspecified atom stereocenters. The molecule has 0 bridgehead atoms. The van der Waals surface area contributed by atoms with Gasteiger partial charge < -0.3 is 10.8 Å². The molecule has 2 rings (SSSR count). The number of hydrogen-bond acceptors (Lipinski definition) is 4. The Bertz CT molecular complexity index is 467. The first-order valence-corrected chi connectivity index (χ1v) is 5.50. The molecule has 4 heteroatoms. The molecule has 0 aliphatic rings. The first-order chi connectivity index (χ1) is 7.20. The van der Waals surface area contributed by atoms with Gasteiger partial charge in [0.1, 0.15) is 11.9 Å². The molecule has 0 spiro atoms. The van der Waals surface area contributed by atoms with Gasteiger partial charge in [-0.15, -0.1) is 11.3 Å². The number of aliphatic hydroxyl groups excluding tert-OH is 1. The highest BCUT2D eigenvalue weighted by molar-refractivity contribution is 7.10. The maximum Gasteiger partial charge on any atom is 0.129 e.